The molecule has 0 saturated carbocycles. The van der Waals surface area contributed by atoms with Crippen molar-refractivity contribution in [3.8, 4) is 5.75 Å². The SMILES string of the molecule is CCN(C)C(=O)COc1cc(C)c(Br)c(C)c1. The first-order chi connectivity index (χ1) is 7.95. The summed E-state index contributed by atoms with van der Waals surface area (Å²) in [5.41, 5.74) is 2.22. The Morgan fingerprint density at radius 3 is 2.35 bits per heavy atom. The molecule has 1 rings (SSSR count). The van der Waals surface area contributed by atoms with E-state index in [4.69, 9.17) is 4.74 Å². The number of rotatable bonds is 4. The van der Waals surface area contributed by atoms with E-state index in [1.54, 1.807) is 11.9 Å². The van der Waals surface area contributed by atoms with Crippen LogP contribution in [0.4, 0.5) is 0 Å². The summed E-state index contributed by atoms with van der Waals surface area (Å²) in [5, 5.41) is 0. The largest absolute Gasteiger partial charge is 0.484 e. The van der Waals surface area contributed by atoms with Gasteiger partial charge >= 0.3 is 0 Å². The highest BCUT2D eigenvalue weighted by Crippen LogP contribution is 2.26. The van der Waals surface area contributed by atoms with Crippen LogP contribution >= 0.6 is 15.9 Å². The molecule has 1 aromatic rings. The highest BCUT2D eigenvalue weighted by atomic mass is 79.9. The number of benzene rings is 1. The molecular weight excluding hydrogens is 282 g/mol. The van der Waals surface area contributed by atoms with Gasteiger partial charge in [-0.15, -0.1) is 0 Å². The first-order valence-electron chi connectivity index (χ1n) is 5.59. The molecule has 94 valence electrons. The molecule has 0 bridgehead atoms. The normalized spacial score (nSPS) is 10.2. The number of amides is 1. The Morgan fingerprint density at radius 1 is 1.35 bits per heavy atom. The molecule has 1 aromatic carbocycles. The van der Waals surface area contributed by atoms with Crippen LogP contribution in [0.15, 0.2) is 16.6 Å². The van der Waals surface area contributed by atoms with E-state index in [0.29, 0.717) is 6.54 Å². The molecule has 0 fully saturated rings. The third kappa shape index (κ3) is 3.73. The topological polar surface area (TPSA) is 29.5 Å². The molecule has 0 unspecified atom stereocenters. The zero-order valence-electron chi connectivity index (χ0n) is 10.7. The van der Waals surface area contributed by atoms with Gasteiger partial charge in [0.1, 0.15) is 5.75 Å². The Balaban J connectivity index is 2.67. The van der Waals surface area contributed by atoms with Crippen molar-refractivity contribution in [2.24, 2.45) is 0 Å². The smallest absolute Gasteiger partial charge is 0.260 e. The van der Waals surface area contributed by atoms with E-state index >= 15 is 0 Å². The molecule has 0 aliphatic carbocycles. The summed E-state index contributed by atoms with van der Waals surface area (Å²) >= 11 is 3.50. The fraction of sp³-hybridized carbons (Fsp3) is 0.462. The number of halogens is 1. The van der Waals surface area contributed by atoms with Gasteiger partial charge in [0.15, 0.2) is 6.61 Å². The summed E-state index contributed by atoms with van der Waals surface area (Å²) in [6, 6.07) is 3.85. The molecule has 1 amide bonds. The number of carbonyl (C=O) groups is 1. The van der Waals surface area contributed by atoms with E-state index in [-0.39, 0.29) is 12.5 Å². The van der Waals surface area contributed by atoms with E-state index < -0.39 is 0 Å². The Bertz CT molecular complexity index is 395. The van der Waals surface area contributed by atoms with Crippen LogP contribution in [0.2, 0.25) is 0 Å². The van der Waals surface area contributed by atoms with Crippen molar-refractivity contribution in [1.82, 2.24) is 4.90 Å². The van der Waals surface area contributed by atoms with Crippen molar-refractivity contribution < 1.29 is 9.53 Å². The number of likely N-dealkylation sites (N-methyl/N-ethyl adjacent to an activating group) is 1. The molecule has 0 atom stereocenters. The van der Waals surface area contributed by atoms with E-state index in [1.807, 2.05) is 32.9 Å². The van der Waals surface area contributed by atoms with E-state index in [0.717, 1.165) is 21.3 Å². The van der Waals surface area contributed by atoms with Gasteiger partial charge in [0.2, 0.25) is 0 Å². The van der Waals surface area contributed by atoms with Crippen LogP contribution < -0.4 is 4.74 Å². The Morgan fingerprint density at radius 2 is 1.88 bits per heavy atom. The fourth-order valence-corrected chi connectivity index (χ4v) is 1.65. The van der Waals surface area contributed by atoms with Crippen LogP contribution in [-0.2, 0) is 4.79 Å². The summed E-state index contributed by atoms with van der Waals surface area (Å²) in [4.78, 5) is 13.2. The molecular formula is C13H18BrNO2. The fourth-order valence-electron chi connectivity index (χ4n) is 1.42. The average molecular weight is 300 g/mol. The summed E-state index contributed by atoms with van der Waals surface area (Å²) in [6.07, 6.45) is 0. The van der Waals surface area contributed by atoms with Gasteiger partial charge in [-0.2, -0.15) is 0 Å². The molecule has 0 aliphatic heterocycles. The second-order valence-electron chi connectivity index (χ2n) is 4.07. The van der Waals surface area contributed by atoms with Gasteiger partial charge in [0.05, 0.1) is 0 Å². The van der Waals surface area contributed by atoms with Gasteiger partial charge in [-0.05, 0) is 44.0 Å². The minimum absolute atomic E-state index is 0.00859. The molecule has 0 heterocycles. The molecule has 0 aromatic heterocycles. The molecule has 4 heteroatoms. The Labute approximate surface area is 111 Å². The maximum atomic E-state index is 11.6. The van der Waals surface area contributed by atoms with Gasteiger partial charge in [-0.3, -0.25) is 4.79 Å². The first-order valence-corrected chi connectivity index (χ1v) is 6.38. The van der Waals surface area contributed by atoms with Crippen molar-refractivity contribution in [3.05, 3.63) is 27.7 Å². The van der Waals surface area contributed by atoms with Gasteiger partial charge in [0, 0.05) is 18.1 Å². The molecule has 0 spiro atoms. The molecule has 3 nitrogen and oxygen atoms in total. The van der Waals surface area contributed by atoms with Crippen LogP contribution in [0.5, 0.6) is 5.75 Å². The lowest BCUT2D eigenvalue weighted by molar-refractivity contribution is -0.131. The van der Waals surface area contributed by atoms with Crippen molar-refractivity contribution >= 4 is 21.8 Å². The summed E-state index contributed by atoms with van der Waals surface area (Å²) < 4.78 is 6.58. The Hall–Kier alpha value is -1.03. The predicted molar refractivity (Wildman–Crippen MR) is 72.4 cm³/mol. The summed E-state index contributed by atoms with van der Waals surface area (Å²) in [6.45, 7) is 6.73. The molecule has 0 aliphatic rings. The number of aryl methyl sites for hydroxylation is 2. The van der Waals surface area contributed by atoms with Crippen LogP contribution in [0.1, 0.15) is 18.1 Å². The number of hydrogen-bond acceptors (Lipinski definition) is 2. The second kappa shape index (κ2) is 6.05. The third-order valence-electron chi connectivity index (χ3n) is 2.67. The van der Waals surface area contributed by atoms with Gasteiger partial charge in [-0.1, -0.05) is 15.9 Å². The maximum Gasteiger partial charge on any atom is 0.260 e. The Kier molecular flexibility index (Phi) is 5.00. The third-order valence-corrected chi connectivity index (χ3v) is 3.92. The summed E-state index contributed by atoms with van der Waals surface area (Å²) in [5.74, 6) is 0.728. The average Bonchev–Trinajstić information content (AvgIpc) is 2.31. The van der Waals surface area contributed by atoms with Crippen LogP contribution in [-0.4, -0.2) is 31.0 Å². The number of nitrogens with zero attached hydrogens (tertiary/aromatic N) is 1. The van der Waals surface area contributed by atoms with E-state index in [2.05, 4.69) is 15.9 Å². The number of ether oxygens (including phenoxy) is 1. The second-order valence-corrected chi connectivity index (χ2v) is 4.86. The van der Waals surface area contributed by atoms with Crippen molar-refractivity contribution in [1.29, 1.82) is 0 Å². The lowest BCUT2D eigenvalue weighted by Crippen LogP contribution is -2.31. The van der Waals surface area contributed by atoms with Crippen LogP contribution in [0, 0.1) is 13.8 Å². The molecule has 0 radical (unpaired) electrons. The van der Waals surface area contributed by atoms with Gasteiger partial charge in [-0.25, -0.2) is 0 Å². The molecule has 0 saturated heterocycles. The quantitative estimate of drug-likeness (QED) is 0.855. The van der Waals surface area contributed by atoms with Crippen LogP contribution in [0.25, 0.3) is 0 Å². The molecule has 17 heavy (non-hydrogen) atoms. The number of hydrogen-bond donors (Lipinski definition) is 0. The van der Waals surface area contributed by atoms with Gasteiger partial charge in [0.25, 0.3) is 5.91 Å². The minimum atomic E-state index is -0.00859. The van der Waals surface area contributed by atoms with Crippen molar-refractivity contribution in [2.75, 3.05) is 20.2 Å². The van der Waals surface area contributed by atoms with E-state index in [9.17, 15) is 4.79 Å². The van der Waals surface area contributed by atoms with Crippen molar-refractivity contribution in [2.45, 2.75) is 20.8 Å². The van der Waals surface area contributed by atoms with Gasteiger partial charge < -0.3 is 9.64 Å². The standard InChI is InChI=1S/C13H18BrNO2/c1-5-15(4)12(16)8-17-11-6-9(2)13(14)10(3)7-11/h6-7H,5,8H2,1-4H3. The van der Waals surface area contributed by atoms with Crippen molar-refractivity contribution in [3.63, 3.8) is 0 Å². The monoisotopic (exact) mass is 299 g/mol. The number of carbonyl (C=O) groups excluding carboxylic acids is 1. The zero-order valence-corrected chi connectivity index (χ0v) is 12.3. The van der Waals surface area contributed by atoms with Crippen LogP contribution in [0.3, 0.4) is 0 Å². The maximum absolute atomic E-state index is 11.6. The lowest BCUT2D eigenvalue weighted by atomic mass is 10.1. The minimum Gasteiger partial charge on any atom is -0.484 e. The lowest BCUT2D eigenvalue weighted by Gasteiger charge is -2.15. The molecule has 0 N–H and O–H groups in total. The highest BCUT2D eigenvalue weighted by molar-refractivity contribution is 9.10. The summed E-state index contributed by atoms with van der Waals surface area (Å²) in [7, 11) is 1.77. The predicted octanol–water partition coefficient (Wildman–Crippen LogP) is 2.92. The first kappa shape index (κ1) is 14.0. The zero-order chi connectivity index (χ0) is 13.0. The highest BCUT2D eigenvalue weighted by Gasteiger charge is 2.08. The van der Waals surface area contributed by atoms with E-state index in [1.165, 1.54) is 0 Å².